The van der Waals surface area contributed by atoms with Crippen LogP contribution in [0.2, 0.25) is 0 Å². The largest absolute Gasteiger partial charge is 0.494 e. The molecule has 0 aliphatic carbocycles. The number of hydrogen-bond acceptors (Lipinski definition) is 3. The van der Waals surface area contributed by atoms with Crippen molar-refractivity contribution in [3.63, 3.8) is 0 Å². The molecule has 18 heavy (non-hydrogen) atoms. The van der Waals surface area contributed by atoms with Crippen LogP contribution in [0.1, 0.15) is 51.6 Å². The molecule has 1 aromatic rings. The van der Waals surface area contributed by atoms with Crippen molar-refractivity contribution in [3.8, 4) is 11.5 Å². The fourth-order valence-corrected chi connectivity index (χ4v) is 2.31. The van der Waals surface area contributed by atoms with Crippen LogP contribution in [0, 0.1) is 0 Å². The van der Waals surface area contributed by atoms with Crippen molar-refractivity contribution in [2.75, 3.05) is 6.61 Å². The number of nitrogens with two attached hydrogens (primary N) is 1. The number of rotatable bonds is 4. The van der Waals surface area contributed by atoms with Crippen LogP contribution in [-0.4, -0.2) is 12.2 Å². The second-order valence-electron chi connectivity index (χ2n) is 5.57. The molecule has 0 bridgehead atoms. The van der Waals surface area contributed by atoms with Gasteiger partial charge in [0.05, 0.1) is 6.61 Å². The Labute approximate surface area is 109 Å². The summed E-state index contributed by atoms with van der Waals surface area (Å²) in [6.45, 7) is 7.06. The zero-order valence-corrected chi connectivity index (χ0v) is 11.5. The van der Waals surface area contributed by atoms with Gasteiger partial charge in [0, 0.05) is 18.0 Å². The van der Waals surface area contributed by atoms with E-state index in [4.69, 9.17) is 15.2 Å². The molecule has 1 aliphatic heterocycles. The highest BCUT2D eigenvalue weighted by atomic mass is 16.5. The van der Waals surface area contributed by atoms with Gasteiger partial charge in [0.25, 0.3) is 0 Å². The van der Waals surface area contributed by atoms with Gasteiger partial charge in [-0.25, -0.2) is 0 Å². The SMILES string of the molecule is CCCCOc1ccc2c(c1)C(N)CC(C)(C)O2. The topological polar surface area (TPSA) is 44.5 Å². The van der Waals surface area contributed by atoms with E-state index in [1.54, 1.807) is 0 Å². The molecule has 0 spiro atoms. The second-order valence-corrected chi connectivity index (χ2v) is 5.57. The van der Waals surface area contributed by atoms with E-state index >= 15 is 0 Å². The van der Waals surface area contributed by atoms with Crippen LogP contribution in [0.15, 0.2) is 18.2 Å². The van der Waals surface area contributed by atoms with Gasteiger partial charge in [-0.3, -0.25) is 0 Å². The minimum absolute atomic E-state index is 0.0264. The molecule has 100 valence electrons. The van der Waals surface area contributed by atoms with Crippen molar-refractivity contribution >= 4 is 0 Å². The number of fused-ring (bicyclic) bond motifs is 1. The molecule has 3 nitrogen and oxygen atoms in total. The van der Waals surface area contributed by atoms with Crippen LogP contribution in [0.3, 0.4) is 0 Å². The van der Waals surface area contributed by atoms with Crippen molar-refractivity contribution in [2.45, 2.75) is 51.7 Å². The lowest BCUT2D eigenvalue weighted by molar-refractivity contribution is 0.0726. The number of ether oxygens (including phenoxy) is 2. The van der Waals surface area contributed by atoms with Gasteiger partial charge in [-0.2, -0.15) is 0 Å². The van der Waals surface area contributed by atoms with Crippen molar-refractivity contribution in [1.82, 2.24) is 0 Å². The number of unbranched alkanes of at least 4 members (excludes halogenated alkanes) is 1. The van der Waals surface area contributed by atoms with Crippen LogP contribution in [0.4, 0.5) is 0 Å². The number of hydrogen-bond donors (Lipinski definition) is 1. The molecule has 0 amide bonds. The van der Waals surface area contributed by atoms with Gasteiger partial charge in [0.2, 0.25) is 0 Å². The van der Waals surface area contributed by atoms with E-state index in [9.17, 15) is 0 Å². The summed E-state index contributed by atoms with van der Waals surface area (Å²) in [6.07, 6.45) is 3.05. The van der Waals surface area contributed by atoms with Gasteiger partial charge in [-0.15, -0.1) is 0 Å². The molecule has 0 saturated heterocycles. The summed E-state index contributed by atoms with van der Waals surface area (Å²) in [5.41, 5.74) is 7.09. The van der Waals surface area contributed by atoms with E-state index < -0.39 is 0 Å². The van der Waals surface area contributed by atoms with Gasteiger partial charge in [0.1, 0.15) is 17.1 Å². The second kappa shape index (κ2) is 5.19. The smallest absolute Gasteiger partial charge is 0.125 e. The van der Waals surface area contributed by atoms with E-state index in [-0.39, 0.29) is 11.6 Å². The van der Waals surface area contributed by atoms with Crippen molar-refractivity contribution < 1.29 is 9.47 Å². The predicted molar refractivity (Wildman–Crippen MR) is 73.1 cm³/mol. The van der Waals surface area contributed by atoms with E-state index in [2.05, 4.69) is 20.8 Å². The molecular formula is C15H23NO2. The maximum atomic E-state index is 6.21. The molecule has 1 unspecified atom stereocenters. The zero-order valence-electron chi connectivity index (χ0n) is 11.5. The minimum atomic E-state index is -0.184. The van der Waals surface area contributed by atoms with E-state index in [1.165, 1.54) is 0 Å². The van der Waals surface area contributed by atoms with Crippen LogP contribution in [0.25, 0.3) is 0 Å². The molecule has 1 atom stereocenters. The highest BCUT2D eigenvalue weighted by Gasteiger charge is 2.31. The maximum Gasteiger partial charge on any atom is 0.125 e. The summed E-state index contributed by atoms with van der Waals surface area (Å²) in [7, 11) is 0. The summed E-state index contributed by atoms with van der Waals surface area (Å²) < 4.78 is 11.6. The summed E-state index contributed by atoms with van der Waals surface area (Å²) in [6, 6.07) is 5.98. The maximum absolute atomic E-state index is 6.21. The van der Waals surface area contributed by atoms with Crippen LogP contribution < -0.4 is 15.2 Å². The average Bonchev–Trinajstić information content (AvgIpc) is 2.29. The van der Waals surface area contributed by atoms with Crippen LogP contribution >= 0.6 is 0 Å². The van der Waals surface area contributed by atoms with Gasteiger partial charge in [-0.1, -0.05) is 13.3 Å². The quantitative estimate of drug-likeness (QED) is 0.831. The normalized spacial score (nSPS) is 21.0. The number of benzene rings is 1. The lowest BCUT2D eigenvalue weighted by Gasteiger charge is -2.36. The Morgan fingerprint density at radius 3 is 2.94 bits per heavy atom. The molecule has 2 rings (SSSR count). The zero-order chi connectivity index (χ0) is 13.2. The molecule has 0 aromatic heterocycles. The molecular weight excluding hydrogens is 226 g/mol. The molecule has 1 heterocycles. The summed E-state index contributed by atoms with van der Waals surface area (Å²) in [5, 5.41) is 0. The first-order valence-electron chi connectivity index (χ1n) is 6.73. The summed E-state index contributed by atoms with van der Waals surface area (Å²) in [5.74, 6) is 1.78. The third kappa shape index (κ3) is 2.96. The van der Waals surface area contributed by atoms with Crippen LogP contribution in [-0.2, 0) is 0 Å². The Morgan fingerprint density at radius 2 is 2.22 bits per heavy atom. The van der Waals surface area contributed by atoms with E-state index in [1.807, 2.05) is 18.2 Å². The van der Waals surface area contributed by atoms with Crippen molar-refractivity contribution in [1.29, 1.82) is 0 Å². The lowest BCUT2D eigenvalue weighted by atomic mass is 9.90. The Hall–Kier alpha value is -1.22. The standard InChI is InChI=1S/C15H23NO2/c1-4-5-8-17-11-6-7-14-12(9-11)13(16)10-15(2,3)18-14/h6-7,9,13H,4-5,8,10,16H2,1-3H3. The molecule has 2 N–H and O–H groups in total. The van der Waals surface area contributed by atoms with Crippen molar-refractivity contribution in [2.24, 2.45) is 5.73 Å². The highest BCUT2D eigenvalue weighted by Crippen LogP contribution is 2.39. The van der Waals surface area contributed by atoms with Crippen LogP contribution in [0.5, 0.6) is 11.5 Å². The Bertz CT molecular complexity index is 415. The van der Waals surface area contributed by atoms with Gasteiger partial charge < -0.3 is 15.2 Å². The molecule has 0 saturated carbocycles. The molecule has 0 fully saturated rings. The van der Waals surface area contributed by atoms with E-state index in [0.717, 1.165) is 42.9 Å². The third-order valence-corrected chi connectivity index (χ3v) is 3.25. The fraction of sp³-hybridized carbons (Fsp3) is 0.600. The molecule has 1 aromatic carbocycles. The van der Waals surface area contributed by atoms with Crippen molar-refractivity contribution in [3.05, 3.63) is 23.8 Å². The molecule has 0 radical (unpaired) electrons. The predicted octanol–water partition coefficient (Wildman–Crippen LogP) is 3.43. The molecule has 3 heteroatoms. The van der Waals surface area contributed by atoms with Gasteiger partial charge in [-0.05, 0) is 38.5 Å². The minimum Gasteiger partial charge on any atom is -0.494 e. The first-order valence-corrected chi connectivity index (χ1v) is 6.73. The summed E-state index contributed by atoms with van der Waals surface area (Å²) in [4.78, 5) is 0. The molecule has 1 aliphatic rings. The van der Waals surface area contributed by atoms with Gasteiger partial charge >= 0.3 is 0 Å². The van der Waals surface area contributed by atoms with Gasteiger partial charge in [0.15, 0.2) is 0 Å². The monoisotopic (exact) mass is 249 g/mol. The first kappa shape index (κ1) is 13.2. The lowest BCUT2D eigenvalue weighted by Crippen LogP contribution is -2.37. The Balaban J connectivity index is 2.14. The summed E-state index contributed by atoms with van der Waals surface area (Å²) >= 11 is 0. The van der Waals surface area contributed by atoms with E-state index in [0.29, 0.717) is 0 Å². The average molecular weight is 249 g/mol. The highest BCUT2D eigenvalue weighted by molar-refractivity contribution is 5.44. The fourth-order valence-electron chi connectivity index (χ4n) is 2.31. The Kier molecular flexibility index (Phi) is 3.81. The Morgan fingerprint density at radius 1 is 1.44 bits per heavy atom. The third-order valence-electron chi connectivity index (χ3n) is 3.25. The first-order chi connectivity index (χ1) is 8.52.